The van der Waals surface area contributed by atoms with Crippen molar-refractivity contribution in [1.29, 1.82) is 5.26 Å². The second kappa shape index (κ2) is 9.49. The van der Waals surface area contributed by atoms with E-state index in [0.717, 1.165) is 5.56 Å². The first-order valence-electron chi connectivity index (χ1n) is 8.91. The summed E-state index contributed by atoms with van der Waals surface area (Å²) in [5.74, 6) is 0.943. The van der Waals surface area contributed by atoms with Gasteiger partial charge in [-0.1, -0.05) is 48.0 Å². The molecule has 0 heterocycles. The highest BCUT2D eigenvalue weighted by molar-refractivity contribution is 7.95. The summed E-state index contributed by atoms with van der Waals surface area (Å²) < 4.78 is 36.7. The van der Waals surface area contributed by atoms with Gasteiger partial charge in [0.05, 0.1) is 12.0 Å². The van der Waals surface area contributed by atoms with Crippen LogP contribution in [0.2, 0.25) is 5.02 Å². The number of sulfone groups is 1. The minimum Gasteiger partial charge on any atom is -0.493 e. The van der Waals surface area contributed by atoms with E-state index in [0.29, 0.717) is 28.7 Å². The highest BCUT2D eigenvalue weighted by Crippen LogP contribution is 2.31. The zero-order valence-electron chi connectivity index (χ0n) is 16.1. The van der Waals surface area contributed by atoms with Gasteiger partial charge >= 0.3 is 0 Å². The predicted molar refractivity (Wildman–Crippen MR) is 116 cm³/mol. The summed E-state index contributed by atoms with van der Waals surface area (Å²) >= 11 is 5.82. The number of hydrogen-bond acceptors (Lipinski definition) is 5. The number of allylic oxidation sites excluding steroid dienone is 1. The Kier molecular flexibility index (Phi) is 6.78. The maximum absolute atomic E-state index is 12.8. The smallest absolute Gasteiger partial charge is 0.216 e. The summed E-state index contributed by atoms with van der Waals surface area (Å²) in [5, 5.41) is 9.86. The molecule has 3 rings (SSSR count). The first kappa shape index (κ1) is 21.4. The number of halogens is 1. The molecule has 3 aromatic carbocycles. The van der Waals surface area contributed by atoms with Gasteiger partial charge in [0.25, 0.3) is 0 Å². The molecule has 152 valence electrons. The van der Waals surface area contributed by atoms with Crippen molar-refractivity contribution in [2.45, 2.75) is 11.5 Å². The van der Waals surface area contributed by atoms with Gasteiger partial charge < -0.3 is 9.47 Å². The van der Waals surface area contributed by atoms with E-state index in [-0.39, 0.29) is 9.80 Å². The lowest BCUT2D eigenvalue weighted by Crippen LogP contribution is -2.03. The highest BCUT2D eigenvalue weighted by Gasteiger charge is 2.21. The molecular weight excluding hydrogens is 422 g/mol. The Bertz CT molecular complexity index is 1200. The molecule has 0 bridgehead atoms. The largest absolute Gasteiger partial charge is 0.493 e. The molecule has 0 aromatic heterocycles. The molecule has 0 saturated heterocycles. The van der Waals surface area contributed by atoms with E-state index in [9.17, 15) is 13.7 Å². The number of ether oxygens (including phenoxy) is 2. The molecule has 0 saturated carbocycles. The lowest BCUT2D eigenvalue weighted by atomic mass is 10.2. The van der Waals surface area contributed by atoms with Crippen LogP contribution in [0, 0.1) is 11.3 Å². The molecule has 7 heteroatoms. The van der Waals surface area contributed by atoms with Crippen molar-refractivity contribution in [1.82, 2.24) is 0 Å². The standard InChI is InChI=1S/C23H18ClNO4S/c1-28-23-14-18(7-12-22(23)29-16-17-5-3-2-4-6-17)13-21(15-25)30(26,27)20-10-8-19(24)9-11-20/h2-14H,16H2,1H3. The van der Waals surface area contributed by atoms with Gasteiger partial charge in [0.1, 0.15) is 17.6 Å². The van der Waals surface area contributed by atoms with E-state index in [2.05, 4.69) is 0 Å². The van der Waals surface area contributed by atoms with Crippen molar-refractivity contribution >= 4 is 27.5 Å². The predicted octanol–water partition coefficient (Wildman–Crippen LogP) is 5.27. The van der Waals surface area contributed by atoms with Crippen molar-refractivity contribution in [2.75, 3.05) is 7.11 Å². The summed E-state index contributed by atoms with van der Waals surface area (Å²) in [6.07, 6.45) is 1.30. The van der Waals surface area contributed by atoms with E-state index < -0.39 is 9.84 Å². The summed E-state index contributed by atoms with van der Waals surface area (Å²) in [7, 11) is -2.48. The van der Waals surface area contributed by atoms with Gasteiger partial charge in [-0.25, -0.2) is 8.42 Å². The van der Waals surface area contributed by atoms with E-state index in [1.165, 1.54) is 37.5 Å². The van der Waals surface area contributed by atoms with Crippen LogP contribution in [-0.4, -0.2) is 15.5 Å². The SMILES string of the molecule is COc1cc(C=C(C#N)S(=O)(=O)c2ccc(Cl)cc2)ccc1OCc1ccccc1. The maximum Gasteiger partial charge on any atom is 0.216 e. The van der Waals surface area contributed by atoms with Crippen LogP contribution in [0.1, 0.15) is 11.1 Å². The molecule has 0 amide bonds. The van der Waals surface area contributed by atoms with Crippen LogP contribution in [0.5, 0.6) is 11.5 Å². The molecular formula is C23H18ClNO4S. The average Bonchev–Trinajstić information content (AvgIpc) is 2.77. The Morgan fingerprint density at radius 2 is 1.73 bits per heavy atom. The molecule has 0 spiro atoms. The first-order chi connectivity index (χ1) is 14.4. The van der Waals surface area contributed by atoms with Crippen LogP contribution in [0.3, 0.4) is 0 Å². The highest BCUT2D eigenvalue weighted by atomic mass is 35.5. The Balaban J connectivity index is 1.88. The van der Waals surface area contributed by atoms with E-state index in [1.54, 1.807) is 24.3 Å². The van der Waals surface area contributed by atoms with Crippen LogP contribution in [0.25, 0.3) is 6.08 Å². The summed E-state index contributed by atoms with van der Waals surface area (Å²) in [6.45, 7) is 0.362. The lowest BCUT2D eigenvalue weighted by Gasteiger charge is -2.11. The molecule has 0 fully saturated rings. The van der Waals surface area contributed by atoms with Crippen LogP contribution in [0.15, 0.2) is 82.6 Å². The fourth-order valence-electron chi connectivity index (χ4n) is 2.69. The number of nitriles is 1. The fraction of sp³-hybridized carbons (Fsp3) is 0.0870. The minimum absolute atomic E-state index is 0.00511. The Labute approximate surface area is 180 Å². The third-order valence-electron chi connectivity index (χ3n) is 4.25. The Morgan fingerprint density at radius 3 is 2.37 bits per heavy atom. The molecule has 0 atom stereocenters. The van der Waals surface area contributed by atoms with Crippen LogP contribution in [-0.2, 0) is 16.4 Å². The van der Waals surface area contributed by atoms with Crippen LogP contribution in [0.4, 0.5) is 0 Å². The average molecular weight is 440 g/mol. The second-order valence-electron chi connectivity index (χ2n) is 6.26. The minimum atomic E-state index is -3.97. The molecule has 30 heavy (non-hydrogen) atoms. The molecule has 0 radical (unpaired) electrons. The van der Waals surface area contributed by atoms with Gasteiger partial charge in [0, 0.05) is 5.02 Å². The number of hydrogen-bond donors (Lipinski definition) is 0. The zero-order valence-corrected chi connectivity index (χ0v) is 17.7. The van der Waals surface area contributed by atoms with Crippen molar-refractivity contribution in [3.63, 3.8) is 0 Å². The first-order valence-corrected chi connectivity index (χ1v) is 10.8. The third kappa shape index (κ3) is 5.01. The van der Waals surface area contributed by atoms with Crippen molar-refractivity contribution in [3.05, 3.63) is 93.9 Å². The molecule has 0 aliphatic rings. The van der Waals surface area contributed by atoms with Gasteiger partial charge in [-0.3, -0.25) is 0 Å². The van der Waals surface area contributed by atoms with E-state index >= 15 is 0 Å². The second-order valence-corrected chi connectivity index (χ2v) is 8.62. The number of benzene rings is 3. The molecule has 0 N–H and O–H groups in total. The molecule has 0 unspecified atom stereocenters. The monoisotopic (exact) mass is 439 g/mol. The summed E-state index contributed by atoms with van der Waals surface area (Å²) in [6, 6.07) is 22.1. The van der Waals surface area contributed by atoms with Gasteiger partial charge in [-0.15, -0.1) is 0 Å². The van der Waals surface area contributed by atoms with Gasteiger partial charge in [0.15, 0.2) is 11.5 Å². The normalized spacial score (nSPS) is 11.6. The summed E-state index contributed by atoms with van der Waals surface area (Å²) in [4.78, 5) is -0.390. The number of rotatable bonds is 7. The molecule has 0 aliphatic carbocycles. The molecule has 5 nitrogen and oxygen atoms in total. The van der Waals surface area contributed by atoms with E-state index in [4.69, 9.17) is 21.1 Å². The Morgan fingerprint density at radius 1 is 1.03 bits per heavy atom. The van der Waals surface area contributed by atoms with Crippen molar-refractivity contribution in [2.24, 2.45) is 0 Å². The number of methoxy groups -OCH3 is 1. The zero-order chi connectivity index (χ0) is 21.6. The Hall–Kier alpha value is -3.27. The summed E-state index contributed by atoms with van der Waals surface area (Å²) in [5.41, 5.74) is 1.50. The topological polar surface area (TPSA) is 76.4 Å². The number of nitrogens with zero attached hydrogens (tertiary/aromatic N) is 1. The third-order valence-corrected chi connectivity index (χ3v) is 6.18. The quantitative estimate of drug-likeness (QED) is 0.469. The maximum atomic E-state index is 12.8. The lowest BCUT2D eigenvalue weighted by molar-refractivity contribution is 0.284. The van der Waals surface area contributed by atoms with Crippen LogP contribution < -0.4 is 9.47 Å². The van der Waals surface area contributed by atoms with Gasteiger partial charge in [-0.05, 0) is 53.6 Å². The fourth-order valence-corrected chi connectivity index (χ4v) is 3.98. The van der Waals surface area contributed by atoms with Gasteiger partial charge in [0.2, 0.25) is 9.84 Å². The van der Waals surface area contributed by atoms with Crippen LogP contribution >= 0.6 is 11.6 Å². The van der Waals surface area contributed by atoms with Crippen molar-refractivity contribution in [3.8, 4) is 17.6 Å². The van der Waals surface area contributed by atoms with Gasteiger partial charge in [-0.2, -0.15) is 5.26 Å². The van der Waals surface area contributed by atoms with Crippen molar-refractivity contribution < 1.29 is 17.9 Å². The molecule has 3 aromatic rings. The molecule has 0 aliphatic heterocycles. The van der Waals surface area contributed by atoms with E-state index in [1.807, 2.05) is 30.3 Å².